The monoisotopic (exact) mass is 248 g/mol. The van der Waals surface area contributed by atoms with Crippen LogP contribution in [0.2, 0.25) is 0 Å². The van der Waals surface area contributed by atoms with E-state index in [0.29, 0.717) is 12.1 Å². The van der Waals surface area contributed by atoms with E-state index in [1.165, 1.54) is 12.1 Å². The van der Waals surface area contributed by atoms with Crippen molar-refractivity contribution in [3.8, 4) is 5.75 Å². The van der Waals surface area contributed by atoms with Gasteiger partial charge in [0.15, 0.2) is 5.78 Å². The quantitative estimate of drug-likeness (QED) is 0.755. The Morgan fingerprint density at radius 3 is 2.56 bits per heavy atom. The predicted molar refractivity (Wildman–Crippen MR) is 66.2 cm³/mol. The fraction of sp³-hybridized carbons (Fsp3) is 0.385. The van der Waals surface area contributed by atoms with Crippen LogP contribution in [-0.2, 0) is 4.79 Å². The molecule has 5 nitrogen and oxygen atoms in total. The fourth-order valence-corrected chi connectivity index (χ4v) is 2.15. The lowest BCUT2D eigenvalue weighted by Crippen LogP contribution is -2.31. The summed E-state index contributed by atoms with van der Waals surface area (Å²) in [6.45, 7) is 1.56. The van der Waals surface area contributed by atoms with E-state index >= 15 is 0 Å². The molecule has 1 saturated heterocycles. The second-order valence-electron chi connectivity index (χ2n) is 4.59. The van der Waals surface area contributed by atoms with Crippen molar-refractivity contribution in [3.63, 3.8) is 0 Å². The summed E-state index contributed by atoms with van der Waals surface area (Å²) in [5.41, 5.74) is 5.81. The number of phenols is 1. The number of aromatic hydroxyl groups is 1. The molecule has 0 spiro atoms. The largest absolute Gasteiger partial charge is 0.508 e. The van der Waals surface area contributed by atoms with E-state index in [1.54, 1.807) is 12.1 Å². The highest BCUT2D eigenvalue weighted by molar-refractivity contribution is 5.97. The molecule has 0 bridgehead atoms. The number of ketones is 1. The predicted octanol–water partition coefficient (Wildman–Crippen LogP) is 0.382. The molecule has 0 aromatic heterocycles. The van der Waals surface area contributed by atoms with E-state index in [1.807, 2.05) is 4.90 Å². The third-order valence-electron chi connectivity index (χ3n) is 3.23. The first-order valence-corrected chi connectivity index (χ1v) is 5.90. The Hall–Kier alpha value is -1.88. The average molecular weight is 248 g/mol. The van der Waals surface area contributed by atoms with Gasteiger partial charge in [0.05, 0.1) is 12.5 Å². The van der Waals surface area contributed by atoms with Crippen LogP contribution in [-0.4, -0.2) is 41.3 Å². The number of nitrogens with zero attached hydrogens (tertiary/aromatic N) is 1. The molecule has 0 radical (unpaired) electrons. The smallest absolute Gasteiger partial charge is 0.221 e. The van der Waals surface area contributed by atoms with Gasteiger partial charge >= 0.3 is 0 Å². The topological polar surface area (TPSA) is 83.6 Å². The number of phenolic OH excluding ortho intramolecular Hbond substituents is 1. The number of carbonyl (C=O) groups excluding carboxylic acids is 2. The van der Waals surface area contributed by atoms with Gasteiger partial charge in [0.2, 0.25) is 5.91 Å². The Balaban J connectivity index is 1.92. The van der Waals surface area contributed by atoms with E-state index in [2.05, 4.69) is 0 Å². The number of benzene rings is 1. The summed E-state index contributed by atoms with van der Waals surface area (Å²) in [4.78, 5) is 24.9. The van der Waals surface area contributed by atoms with Crippen LogP contribution in [0.3, 0.4) is 0 Å². The van der Waals surface area contributed by atoms with Crippen LogP contribution in [0.15, 0.2) is 24.3 Å². The van der Waals surface area contributed by atoms with Gasteiger partial charge in [-0.2, -0.15) is 0 Å². The second-order valence-corrected chi connectivity index (χ2v) is 4.59. The molecule has 1 aromatic carbocycles. The molecule has 1 heterocycles. The Labute approximate surface area is 105 Å². The van der Waals surface area contributed by atoms with Gasteiger partial charge in [0.25, 0.3) is 0 Å². The number of hydrogen-bond donors (Lipinski definition) is 2. The molecule has 18 heavy (non-hydrogen) atoms. The summed E-state index contributed by atoms with van der Waals surface area (Å²) in [6, 6.07) is 6.17. The molecule has 2 rings (SSSR count). The number of amides is 1. The molecule has 1 aromatic rings. The van der Waals surface area contributed by atoms with Crippen LogP contribution >= 0.6 is 0 Å². The molecule has 0 saturated carbocycles. The number of primary amides is 1. The maximum Gasteiger partial charge on any atom is 0.221 e. The first kappa shape index (κ1) is 12.6. The zero-order chi connectivity index (χ0) is 13.1. The van der Waals surface area contributed by atoms with Gasteiger partial charge < -0.3 is 10.8 Å². The molecular formula is C13H16N2O3. The molecule has 1 fully saturated rings. The summed E-state index contributed by atoms with van der Waals surface area (Å²) in [7, 11) is 0. The van der Waals surface area contributed by atoms with E-state index in [-0.39, 0.29) is 29.9 Å². The maximum atomic E-state index is 11.9. The summed E-state index contributed by atoms with van der Waals surface area (Å²) in [5, 5.41) is 9.15. The van der Waals surface area contributed by atoms with Crippen molar-refractivity contribution in [1.82, 2.24) is 4.90 Å². The van der Waals surface area contributed by atoms with Crippen LogP contribution in [0.4, 0.5) is 0 Å². The molecular weight excluding hydrogens is 232 g/mol. The van der Waals surface area contributed by atoms with Crippen LogP contribution in [0, 0.1) is 5.92 Å². The molecule has 1 aliphatic heterocycles. The average Bonchev–Trinajstić information content (AvgIpc) is 2.78. The van der Waals surface area contributed by atoms with E-state index in [4.69, 9.17) is 10.8 Å². The summed E-state index contributed by atoms with van der Waals surface area (Å²) in [6.07, 6.45) is 0.720. The Kier molecular flexibility index (Phi) is 3.62. The number of nitrogens with two attached hydrogens (primary N) is 1. The lowest BCUT2D eigenvalue weighted by atomic mass is 10.1. The van der Waals surface area contributed by atoms with Crippen molar-refractivity contribution in [1.29, 1.82) is 0 Å². The van der Waals surface area contributed by atoms with Crippen molar-refractivity contribution in [2.45, 2.75) is 6.42 Å². The third kappa shape index (κ3) is 2.87. The van der Waals surface area contributed by atoms with Gasteiger partial charge in [-0.3, -0.25) is 14.5 Å². The zero-order valence-electron chi connectivity index (χ0n) is 10.0. The van der Waals surface area contributed by atoms with Crippen molar-refractivity contribution >= 4 is 11.7 Å². The summed E-state index contributed by atoms with van der Waals surface area (Å²) < 4.78 is 0. The standard InChI is InChI=1S/C13H16N2O3/c14-13(18)10-5-6-15(7-10)8-12(17)9-1-3-11(16)4-2-9/h1-4,10,16H,5-8H2,(H2,14,18). The number of Topliss-reactive ketones (excluding diaryl/α,β-unsaturated/α-hetero) is 1. The van der Waals surface area contributed by atoms with Gasteiger partial charge in [-0.1, -0.05) is 0 Å². The van der Waals surface area contributed by atoms with Gasteiger partial charge in [0, 0.05) is 12.1 Å². The fourth-order valence-electron chi connectivity index (χ4n) is 2.15. The molecule has 3 N–H and O–H groups in total. The van der Waals surface area contributed by atoms with E-state index in [9.17, 15) is 9.59 Å². The van der Waals surface area contributed by atoms with Crippen LogP contribution in [0.25, 0.3) is 0 Å². The lowest BCUT2D eigenvalue weighted by molar-refractivity contribution is -0.121. The number of carbonyl (C=O) groups is 2. The molecule has 1 aliphatic rings. The zero-order valence-corrected chi connectivity index (χ0v) is 10.0. The second kappa shape index (κ2) is 5.18. The van der Waals surface area contributed by atoms with Gasteiger partial charge in [-0.05, 0) is 37.2 Å². The van der Waals surface area contributed by atoms with Crippen molar-refractivity contribution in [3.05, 3.63) is 29.8 Å². The highest BCUT2D eigenvalue weighted by atomic mass is 16.3. The SMILES string of the molecule is NC(=O)C1CCN(CC(=O)c2ccc(O)cc2)C1. The first-order valence-electron chi connectivity index (χ1n) is 5.90. The Bertz CT molecular complexity index is 456. The van der Waals surface area contributed by atoms with Gasteiger partial charge in [0.1, 0.15) is 5.75 Å². The third-order valence-corrected chi connectivity index (χ3v) is 3.23. The van der Waals surface area contributed by atoms with Crippen molar-refractivity contribution < 1.29 is 14.7 Å². The van der Waals surface area contributed by atoms with Crippen molar-refractivity contribution in [2.24, 2.45) is 11.7 Å². The first-order chi connectivity index (χ1) is 8.56. The van der Waals surface area contributed by atoms with Crippen molar-refractivity contribution in [2.75, 3.05) is 19.6 Å². The summed E-state index contributed by atoms with van der Waals surface area (Å²) in [5.74, 6) is -0.311. The molecule has 1 unspecified atom stereocenters. The Morgan fingerprint density at radius 1 is 1.33 bits per heavy atom. The van der Waals surface area contributed by atoms with Crippen LogP contribution in [0.5, 0.6) is 5.75 Å². The van der Waals surface area contributed by atoms with E-state index in [0.717, 1.165) is 13.0 Å². The lowest BCUT2D eigenvalue weighted by Gasteiger charge is -2.14. The summed E-state index contributed by atoms with van der Waals surface area (Å²) >= 11 is 0. The highest BCUT2D eigenvalue weighted by Gasteiger charge is 2.27. The molecule has 1 amide bonds. The van der Waals surface area contributed by atoms with E-state index < -0.39 is 0 Å². The van der Waals surface area contributed by atoms with Gasteiger partial charge in [-0.15, -0.1) is 0 Å². The number of likely N-dealkylation sites (tertiary alicyclic amines) is 1. The highest BCUT2D eigenvalue weighted by Crippen LogP contribution is 2.17. The minimum Gasteiger partial charge on any atom is -0.508 e. The molecule has 1 atom stereocenters. The molecule has 0 aliphatic carbocycles. The number of rotatable bonds is 4. The number of hydrogen-bond acceptors (Lipinski definition) is 4. The van der Waals surface area contributed by atoms with Gasteiger partial charge in [-0.25, -0.2) is 0 Å². The van der Waals surface area contributed by atoms with Crippen LogP contribution < -0.4 is 5.73 Å². The van der Waals surface area contributed by atoms with Crippen LogP contribution in [0.1, 0.15) is 16.8 Å². The Morgan fingerprint density at radius 2 is 2.00 bits per heavy atom. The normalized spacial score (nSPS) is 19.9. The minimum atomic E-state index is -0.297. The molecule has 5 heteroatoms. The maximum absolute atomic E-state index is 11.9. The minimum absolute atomic E-state index is 0.0138. The molecule has 96 valence electrons.